The quantitative estimate of drug-likeness (QED) is 0.450. The number of anilines is 1. The number of amides is 1. The molecule has 0 unspecified atom stereocenters. The molecule has 178 valence electrons. The Hall–Kier alpha value is -3.88. The second-order valence-electron chi connectivity index (χ2n) is 8.69. The number of benzene rings is 2. The Morgan fingerprint density at radius 1 is 1.23 bits per heavy atom. The number of hydrogen-bond acceptors (Lipinski definition) is 6. The summed E-state index contributed by atoms with van der Waals surface area (Å²) in [4.78, 5) is 20.6. The van der Waals surface area contributed by atoms with E-state index in [0.29, 0.717) is 17.9 Å². The molecule has 2 N–H and O–H groups in total. The van der Waals surface area contributed by atoms with Crippen LogP contribution in [0.1, 0.15) is 28.8 Å². The van der Waals surface area contributed by atoms with Gasteiger partial charge in [0.1, 0.15) is 11.5 Å². The third kappa shape index (κ3) is 4.71. The molecule has 0 saturated carbocycles. The van der Waals surface area contributed by atoms with Crippen molar-refractivity contribution in [3.8, 4) is 11.3 Å². The Kier molecular flexibility index (Phi) is 6.65. The summed E-state index contributed by atoms with van der Waals surface area (Å²) in [5.41, 5.74) is 3.17. The highest BCUT2D eigenvalue weighted by Gasteiger charge is 2.30. The van der Waals surface area contributed by atoms with E-state index in [1.807, 2.05) is 72.8 Å². The Bertz CT molecular complexity index is 1350. The summed E-state index contributed by atoms with van der Waals surface area (Å²) >= 11 is 0. The third-order valence-corrected chi connectivity index (χ3v) is 6.32. The molecule has 8 heteroatoms. The molecule has 2 aromatic heterocycles. The smallest absolute Gasteiger partial charge is 0.259 e. The van der Waals surface area contributed by atoms with Crippen LogP contribution in [0.2, 0.25) is 0 Å². The zero-order valence-corrected chi connectivity index (χ0v) is 19.6. The maximum atomic E-state index is 14.0. The van der Waals surface area contributed by atoms with Gasteiger partial charge in [0.15, 0.2) is 0 Å². The standard InChI is InChI=1S/C27H28N6O2/c1-32-18-24(30-31-32)19-9-11-22(12-10-19)27(35)33(23-8-3-14-28-17-23)26-25-20(7-4-16-34)5-2-6-21(25)13-15-29-26/h2,4-7,9-13,15,18,23,28,34H,3,8,14,16-17H2,1H3/b7-4+/t23-/m1/s1. The van der Waals surface area contributed by atoms with Crippen LogP contribution in [-0.2, 0) is 7.05 Å². The number of aliphatic hydroxyl groups is 1. The van der Waals surface area contributed by atoms with Crippen LogP contribution in [0.3, 0.4) is 0 Å². The predicted molar refractivity (Wildman–Crippen MR) is 137 cm³/mol. The van der Waals surface area contributed by atoms with Gasteiger partial charge in [-0.05, 0) is 48.5 Å². The first-order chi connectivity index (χ1) is 17.2. The molecule has 1 atom stereocenters. The number of aryl methyl sites for hydroxylation is 1. The van der Waals surface area contributed by atoms with Crippen molar-refractivity contribution in [3.63, 3.8) is 0 Å². The van der Waals surface area contributed by atoms with Gasteiger partial charge in [0.2, 0.25) is 0 Å². The fraction of sp³-hybridized carbons (Fsp3) is 0.259. The first-order valence-electron chi connectivity index (χ1n) is 11.8. The van der Waals surface area contributed by atoms with Gasteiger partial charge in [-0.15, -0.1) is 5.10 Å². The van der Waals surface area contributed by atoms with Gasteiger partial charge >= 0.3 is 0 Å². The number of hydrogen-bond donors (Lipinski definition) is 2. The molecule has 1 amide bonds. The number of aromatic nitrogens is 4. The van der Waals surface area contributed by atoms with Crippen molar-refractivity contribution in [1.29, 1.82) is 0 Å². The predicted octanol–water partition coefficient (Wildman–Crippen LogP) is 3.43. The molecule has 2 aromatic carbocycles. The SMILES string of the molecule is Cn1cc(-c2ccc(C(=O)N(c3nccc4cccc(/C=C/CO)c34)[C@@H]3CCCNC3)cc2)nn1. The molecule has 0 spiro atoms. The van der Waals surface area contributed by atoms with Crippen LogP contribution in [0, 0.1) is 0 Å². The van der Waals surface area contributed by atoms with Crippen molar-refractivity contribution in [2.45, 2.75) is 18.9 Å². The summed E-state index contributed by atoms with van der Waals surface area (Å²) in [5, 5.41) is 22.8. The van der Waals surface area contributed by atoms with E-state index in [1.165, 1.54) is 0 Å². The molecule has 0 radical (unpaired) electrons. The number of pyridine rings is 1. The van der Waals surface area contributed by atoms with E-state index < -0.39 is 0 Å². The number of aliphatic hydroxyl groups excluding tert-OH is 1. The summed E-state index contributed by atoms with van der Waals surface area (Å²) < 4.78 is 1.65. The normalized spacial score (nSPS) is 16.1. The lowest BCUT2D eigenvalue weighted by Crippen LogP contribution is -2.49. The minimum atomic E-state index is -0.0923. The van der Waals surface area contributed by atoms with Gasteiger partial charge in [0.05, 0.1) is 18.8 Å². The second kappa shape index (κ2) is 10.2. The average Bonchev–Trinajstić information content (AvgIpc) is 3.34. The lowest BCUT2D eigenvalue weighted by Gasteiger charge is -2.35. The van der Waals surface area contributed by atoms with Crippen LogP contribution in [-0.4, -0.2) is 56.7 Å². The Morgan fingerprint density at radius 2 is 2.09 bits per heavy atom. The van der Waals surface area contributed by atoms with Gasteiger partial charge in [0, 0.05) is 36.3 Å². The fourth-order valence-corrected chi connectivity index (χ4v) is 4.63. The molecule has 4 aromatic rings. The van der Waals surface area contributed by atoms with E-state index in [9.17, 15) is 9.90 Å². The zero-order chi connectivity index (χ0) is 24.2. The van der Waals surface area contributed by atoms with Gasteiger partial charge < -0.3 is 10.4 Å². The molecule has 1 fully saturated rings. The highest BCUT2D eigenvalue weighted by Crippen LogP contribution is 2.32. The van der Waals surface area contributed by atoms with E-state index in [4.69, 9.17) is 4.98 Å². The van der Waals surface area contributed by atoms with Crippen LogP contribution < -0.4 is 10.2 Å². The van der Waals surface area contributed by atoms with Gasteiger partial charge in [-0.25, -0.2) is 4.98 Å². The fourth-order valence-electron chi connectivity index (χ4n) is 4.63. The van der Waals surface area contributed by atoms with E-state index >= 15 is 0 Å². The monoisotopic (exact) mass is 468 g/mol. The van der Waals surface area contributed by atoms with Crippen LogP contribution in [0.25, 0.3) is 28.1 Å². The number of nitrogens with zero attached hydrogens (tertiary/aromatic N) is 5. The van der Waals surface area contributed by atoms with Crippen LogP contribution in [0.15, 0.2) is 67.0 Å². The van der Waals surface area contributed by atoms with E-state index in [0.717, 1.165) is 47.0 Å². The Balaban J connectivity index is 1.59. The molecule has 35 heavy (non-hydrogen) atoms. The molecule has 1 saturated heterocycles. The summed E-state index contributed by atoms with van der Waals surface area (Å²) in [5.74, 6) is 0.544. The number of fused-ring (bicyclic) bond motifs is 1. The second-order valence-corrected chi connectivity index (χ2v) is 8.69. The number of rotatable bonds is 6. The molecule has 3 heterocycles. The van der Waals surface area contributed by atoms with Crippen molar-refractivity contribution in [1.82, 2.24) is 25.3 Å². The van der Waals surface area contributed by atoms with Crippen molar-refractivity contribution < 1.29 is 9.90 Å². The van der Waals surface area contributed by atoms with Gasteiger partial charge in [0.25, 0.3) is 5.91 Å². The van der Waals surface area contributed by atoms with Crippen LogP contribution >= 0.6 is 0 Å². The lowest BCUT2D eigenvalue weighted by molar-refractivity contribution is 0.0972. The number of piperidine rings is 1. The summed E-state index contributed by atoms with van der Waals surface area (Å²) in [7, 11) is 1.83. The Morgan fingerprint density at radius 3 is 2.80 bits per heavy atom. The third-order valence-electron chi connectivity index (χ3n) is 6.32. The molecule has 1 aliphatic heterocycles. The molecule has 0 bridgehead atoms. The molecule has 1 aliphatic rings. The van der Waals surface area contributed by atoms with Crippen molar-refractivity contribution in [2.75, 3.05) is 24.6 Å². The molecule has 8 nitrogen and oxygen atoms in total. The highest BCUT2D eigenvalue weighted by molar-refractivity contribution is 6.11. The molecule has 5 rings (SSSR count). The minimum Gasteiger partial charge on any atom is -0.392 e. The minimum absolute atomic E-state index is 0.0242. The van der Waals surface area contributed by atoms with Crippen molar-refractivity contribution >= 4 is 28.6 Å². The Labute approximate surface area is 203 Å². The van der Waals surface area contributed by atoms with E-state index in [2.05, 4.69) is 15.6 Å². The number of carbonyl (C=O) groups excluding carboxylic acids is 1. The van der Waals surface area contributed by atoms with Gasteiger partial charge in [-0.1, -0.05) is 47.7 Å². The van der Waals surface area contributed by atoms with E-state index in [1.54, 1.807) is 17.0 Å². The van der Waals surface area contributed by atoms with Crippen molar-refractivity contribution in [3.05, 3.63) is 78.1 Å². The summed E-state index contributed by atoms with van der Waals surface area (Å²) in [6.45, 7) is 1.59. The van der Waals surface area contributed by atoms with Gasteiger partial charge in [-0.3, -0.25) is 14.4 Å². The van der Waals surface area contributed by atoms with Gasteiger partial charge in [-0.2, -0.15) is 0 Å². The van der Waals surface area contributed by atoms with Crippen LogP contribution in [0.5, 0.6) is 0 Å². The van der Waals surface area contributed by atoms with Crippen molar-refractivity contribution in [2.24, 2.45) is 7.05 Å². The maximum absolute atomic E-state index is 14.0. The molecule has 0 aliphatic carbocycles. The average molecular weight is 469 g/mol. The summed E-state index contributed by atoms with van der Waals surface area (Å²) in [6.07, 6.45) is 9.06. The van der Waals surface area contributed by atoms with Crippen LogP contribution in [0.4, 0.5) is 5.82 Å². The number of carbonyl (C=O) groups is 1. The summed E-state index contributed by atoms with van der Waals surface area (Å²) in [6, 6.07) is 15.4. The highest BCUT2D eigenvalue weighted by atomic mass is 16.2. The molecular weight excluding hydrogens is 440 g/mol. The first-order valence-corrected chi connectivity index (χ1v) is 11.8. The largest absolute Gasteiger partial charge is 0.392 e. The maximum Gasteiger partial charge on any atom is 0.259 e. The topological polar surface area (TPSA) is 96.2 Å². The van der Waals surface area contributed by atoms with E-state index in [-0.39, 0.29) is 18.6 Å². The number of nitrogens with one attached hydrogen (secondary N) is 1. The zero-order valence-electron chi connectivity index (χ0n) is 19.6. The molecular formula is C27H28N6O2. The first kappa shape index (κ1) is 22.9. The lowest BCUT2D eigenvalue weighted by atomic mass is 10.00.